The van der Waals surface area contributed by atoms with E-state index in [0.29, 0.717) is 18.2 Å². The number of sulfonamides is 1. The molecule has 0 saturated carbocycles. The van der Waals surface area contributed by atoms with Crippen molar-refractivity contribution in [1.82, 2.24) is 9.29 Å². The molecule has 6 nitrogen and oxygen atoms in total. The first-order valence-electron chi connectivity index (χ1n) is 9.55. The highest BCUT2D eigenvalue weighted by molar-refractivity contribution is 7.89. The number of nitrogens with one attached hydrogen (secondary N) is 1. The maximum atomic E-state index is 13.1. The molecule has 0 spiro atoms. The quantitative estimate of drug-likeness (QED) is 0.777. The van der Waals surface area contributed by atoms with Gasteiger partial charge in [-0.25, -0.2) is 13.4 Å². The minimum absolute atomic E-state index is 0.00894. The SMILES string of the molecule is O=C(Nc1nc2c(s1)CCC2)c1ccc(Cl)c(S(=O)(=O)N2CCCCCC2)c1. The number of carbonyl (C=O) groups excluding carboxylic acids is 1. The summed E-state index contributed by atoms with van der Waals surface area (Å²) in [6.45, 7) is 0.972. The molecule has 1 aromatic heterocycles. The first-order valence-corrected chi connectivity index (χ1v) is 12.2. The second-order valence-electron chi connectivity index (χ2n) is 7.16. The van der Waals surface area contributed by atoms with Crippen LogP contribution in [0.2, 0.25) is 5.02 Å². The van der Waals surface area contributed by atoms with Crippen LogP contribution >= 0.6 is 22.9 Å². The van der Waals surface area contributed by atoms with E-state index in [0.717, 1.165) is 50.6 Å². The summed E-state index contributed by atoms with van der Waals surface area (Å²) in [6, 6.07) is 4.39. The van der Waals surface area contributed by atoms with Gasteiger partial charge in [-0.3, -0.25) is 10.1 Å². The minimum atomic E-state index is -3.73. The van der Waals surface area contributed by atoms with Crippen molar-refractivity contribution >= 4 is 44.0 Å². The highest BCUT2D eigenvalue weighted by atomic mass is 35.5. The predicted octanol–water partition coefficient (Wildman–Crippen LogP) is 4.10. The maximum Gasteiger partial charge on any atom is 0.257 e. The van der Waals surface area contributed by atoms with Gasteiger partial charge in [-0.05, 0) is 50.3 Å². The molecule has 0 bridgehead atoms. The highest BCUT2D eigenvalue weighted by Gasteiger charge is 2.28. The zero-order valence-electron chi connectivity index (χ0n) is 15.4. The Kier molecular flexibility index (Phi) is 5.73. The molecule has 2 heterocycles. The summed E-state index contributed by atoms with van der Waals surface area (Å²) in [5.74, 6) is -0.378. The Morgan fingerprint density at radius 3 is 2.57 bits per heavy atom. The van der Waals surface area contributed by atoms with E-state index < -0.39 is 10.0 Å². The molecule has 0 unspecified atom stereocenters. The molecule has 2 aromatic rings. The third-order valence-electron chi connectivity index (χ3n) is 5.19. The molecule has 0 radical (unpaired) electrons. The number of thiazole rings is 1. The third-order valence-corrected chi connectivity index (χ3v) is 8.65. The summed E-state index contributed by atoms with van der Waals surface area (Å²) in [6.07, 6.45) is 6.79. The van der Waals surface area contributed by atoms with Crippen LogP contribution in [0.5, 0.6) is 0 Å². The molecular weight excluding hydrogens is 418 g/mol. The van der Waals surface area contributed by atoms with Gasteiger partial charge in [-0.15, -0.1) is 11.3 Å². The molecule has 2 aliphatic rings. The Balaban J connectivity index is 1.58. The number of anilines is 1. The fraction of sp³-hybridized carbons (Fsp3) is 0.474. The van der Waals surface area contributed by atoms with E-state index in [4.69, 9.17) is 11.6 Å². The average molecular weight is 440 g/mol. The monoisotopic (exact) mass is 439 g/mol. The van der Waals surface area contributed by atoms with Gasteiger partial charge >= 0.3 is 0 Å². The summed E-state index contributed by atoms with van der Waals surface area (Å²) < 4.78 is 27.7. The van der Waals surface area contributed by atoms with E-state index in [9.17, 15) is 13.2 Å². The molecule has 1 aromatic carbocycles. The first-order chi connectivity index (χ1) is 13.4. The lowest BCUT2D eigenvalue weighted by Gasteiger charge is -2.21. The van der Waals surface area contributed by atoms with Crippen LogP contribution in [0.3, 0.4) is 0 Å². The lowest BCUT2D eigenvalue weighted by Crippen LogP contribution is -2.32. The number of fused-ring (bicyclic) bond motifs is 1. The zero-order valence-corrected chi connectivity index (χ0v) is 17.8. The summed E-state index contributed by atoms with van der Waals surface area (Å²) in [5.41, 5.74) is 1.31. The predicted molar refractivity (Wildman–Crippen MR) is 111 cm³/mol. The number of hydrogen-bond acceptors (Lipinski definition) is 5. The molecule has 1 saturated heterocycles. The fourth-order valence-corrected chi connectivity index (χ4v) is 6.74. The molecule has 150 valence electrons. The van der Waals surface area contributed by atoms with E-state index in [1.165, 1.54) is 32.7 Å². The van der Waals surface area contributed by atoms with Gasteiger partial charge in [0.2, 0.25) is 10.0 Å². The van der Waals surface area contributed by atoms with E-state index in [1.807, 2.05) is 0 Å². The van der Waals surface area contributed by atoms with Crippen molar-refractivity contribution in [2.24, 2.45) is 0 Å². The van der Waals surface area contributed by atoms with Crippen molar-refractivity contribution in [3.63, 3.8) is 0 Å². The number of amides is 1. The molecule has 1 aliphatic heterocycles. The smallest absolute Gasteiger partial charge is 0.257 e. The van der Waals surface area contributed by atoms with Crippen LogP contribution in [0.15, 0.2) is 23.1 Å². The van der Waals surface area contributed by atoms with Crippen molar-refractivity contribution in [3.8, 4) is 0 Å². The molecule has 9 heteroatoms. The van der Waals surface area contributed by atoms with Crippen LogP contribution in [0.4, 0.5) is 5.13 Å². The summed E-state index contributed by atoms with van der Waals surface area (Å²) in [4.78, 5) is 18.3. The van der Waals surface area contributed by atoms with Crippen LogP contribution in [0.1, 0.15) is 53.0 Å². The highest BCUT2D eigenvalue weighted by Crippen LogP contribution is 2.31. The number of hydrogen-bond donors (Lipinski definition) is 1. The lowest BCUT2D eigenvalue weighted by atomic mass is 10.2. The van der Waals surface area contributed by atoms with Crippen LogP contribution in [-0.4, -0.2) is 36.7 Å². The van der Waals surface area contributed by atoms with Gasteiger partial charge in [0.15, 0.2) is 5.13 Å². The van der Waals surface area contributed by atoms with Crippen LogP contribution in [0, 0.1) is 0 Å². The lowest BCUT2D eigenvalue weighted by molar-refractivity contribution is 0.102. The minimum Gasteiger partial charge on any atom is -0.298 e. The van der Waals surface area contributed by atoms with Gasteiger partial charge in [0, 0.05) is 23.5 Å². The number of aromatic nitrogens is 1. The number of nitrogens with zero attached hydrogens (tertiary/aromatic N) is 2. The molecule has 28 heavy (non-hydrogen) atoms. The first kappa shape index (κ1) is 19.8. The van der Waals surface area contributed by atoms with E-state index in [2.05, 4.69) is 10.3 Å². The van der Waals surface area contributed by atoms with Gasteiger partial charge in [-0.1, -0.05) is 24.4 Å². The number of aryl methyl sites for hydroxylation is 2. The third kappa shape index (κ3) is 3.96. The standard InChI is InChI=1S/C19H22ClN3O3S2/c20-14-9-8-13(18(24)22-19-21-15-6-5-7-16(15)27-19)12-17(14)28(25,26)23-10-3-1-2-4-11-23/h8-9,12H,1-7,10-11H2,(H,21,22,24). The Morgan fingerprint density at radius 1 is 1.11 bits per heavy atom. The fourth-order valence-electron chi connectivity index (χ4n) is 3.68. The number of rotatable bonds is 4. The summed E-state index contributed by atoms with van der Waals surface area (Å²) in [7, 11) is -3.73. The second-order valence-corrected chi connectivity index (χ2v) is 10.6. The van der Waals surface area contributed by atoms with Crippen LogP contribution < -0.4 is 5.32 Å². The summed E-state index contributed by atoms with van der Waals surface area (Å²) in [5, 5.41) is 3.48. The Hall–Kier alpha value is -1.48. The Labute approximate surface area is 174 Å². The number of benzene rings is 1. The Bertz CT molecular complexity index is 974. The average Bonchev–Trinajstić information content (AvgIpc) is 3.12. The second kappa shape index (κ2) is 8.10. The van der Waals surface area contributed by atoms with Gasteiger partial charge in [0.25, 0.3) is 5.91 Å². The van der Waals surface area contributed by atoms with Crippen LogP contribution in [-0.2, 0) is 22.9 Å². The van der Waals surface area contributed by atoms with Crippen molar-refractivity contribution < 1.29 is 13.2 Å². The topological polar surface area (TPSA) is 79.4 Å². The molecule has 4 rings (SSSR count). The van der Waals surface area contributed by atoms with Gasteiger partial charge in [0.1, 0.15) is 4.90 Å². The largest absolute Gasteiger partial charge is 0.298 e. The molecule has 0 atom stereocenters. The van der Waals surface area contributed by atoms with Crippen molar-refractivity contribution in [1.29, 1.82) is 0 Å². The maximum absolute atomic E-state index is 13.1. The van der Waals surface area contributed by atoms with Gasteiger partial charge < -0.3 is 0 Å². The summed E-state index contributed by atoms with van der Waals surface area (Å²) >= 11 is 7.70. The molecule has 1 N–H and O–H groups in total. The van der Waals surface area contributed by atoms with E-state index in [1.54, 1.807) is 6.07 Å². The van der Waals surface area contributed by atoms with Crippen LogP contribution in [0.25, 0.3) is 0 Å². The van der Waals surface area contributed by atoms with Gasteiger partial charge in [0.05, 0.1) is 10.7 Å². The molecule has 1 amide bonds. The molecule has 1 aliphatic carbocycles. The van der Waals surface area contributed by atoms with Crippen molar-refractivity contribution in [2.75, 3.05) is 18.4 Å². The van der Waals surface area contributed by atoms with Crippen molar-refractivity contribution in [2.45, 2.75) is 49.8 Å². The number of halogens is 1. The molecule has 1 fully saturated rings. The number of carbonyl (C=O) groups is 1. The van der Waals surface area contributed by atoms with Gasteiger partial charge in [-0.2, -0.15) is 4.31 Å². The molecular formula is C19H22ClN3O3S2. The van der Waals surface area contributed by atoms with E-state index >= 15 is 0 Å². The zero-order chi connectivity index (χ0) is 19.7. The Morgan fingerprint density at radius 2 is 1.86 bits per heavy atom. The van der Waals surface area contributed by atoms with Crippen molar-refractivity contribution in [3.05, 3.63) is 39.4 Å². The van der Waals surface area contributed by atoms with E-state index in [-0.39, 0.29) is 21.4 Å². The normalized spacial score (nSPS) is 17.9.